The van der Waals surface area contributed by atoms with Gasteiger partial charge in [0.05, 0.1) is 0 Å². The van der Waals surface area contributed by atoms with E-state index in [0.717, 1.165) is 24.8 Å². The lowest BCUT2D eigenvalue weighted by atomic mass is 9.73. The van der Waals surface area contributed by atoms with Gasteiger partial charge < -0.3 is 5.73 Å². The minimum Gasteiger partial charge on any atom is -0.321 e. The molecular formula is C10H11ClFN. The Kier molecular flexibility index (Phi) is 2.05. The summed E-state index contributed by atoms with van der Waals surface area (Å²) in [4.78, 5) is 0. The van der Waals surface area contributed by atoms with Crippen molar-refractivity contribution in [1.82, 2.24) is 0 Å². The third-order valence-corrected chi connectivity index (χ3v) is 3.03. The van der Waals surface area contributed by atoms with Gasteiger partial charge in [-0.25, -0.2) is 4.39 Å². The van der Waals surface area contributed by atoms with E-state index in [-0.39, 0.29) is 11.4 Å². The van der Waals surface area contributed by atoms with Crippen molar-refractivity contribution in [2.45, 2.75) is 24.8 Å². The van der Waals surface area contributed by atoms with Gasteiger partial charge in [0.2, 0.25) is 0 Å². The van der Waals surface area contributed by atoms with Crippen LogP contribution in [0.1, 0.15) is 24.8 Å². The standard InChI is InChI=1S/C10H11ClFN/c11-9-6-7(12)2-3-8(9)10(13)4-1-5-10/h2-3,6H,1,4-5,13H2. The molecule has 1 saturated carbocycles. The number of hydrogen-bond acceptors (Lipinski definition) is 1. The molecule has 1 aliphatic rings. The maximum atomic E-state index is 12.7. The summed E-state index contributed by atoms with van der Waals surface area (Å²) < 4.78 is 12.7. The summed E-state index contributed by atoms with van der Waals surface area (Å²) in [5.41, 5.74) is 6.64. The molecule has 0 amide bonds. The molecule has 0 unspecified atom stereocenters. The predicted octanol–water partition coefficient (Wildman–Crippen LogP) is 2.82. The second kappa shape index (κ2) is 2.96. The predicted molar refractivity (Wildman–Crippen MR) is 51.1 cm³/mol. The first kappa shape index (κ1) is 8.97. The van der Waals surface area contributed by atoms with Crippen LogP contribution in [0.25, 0.3) is 0 Å². The van der Waals surface area contributed by atoms with Crippen LogP contribution in [0.3, 0.4) is 0 Å². The third kappa shape index (κ3) is 1.45. The van der Waals surface area contributed by atoms with Gasteiger partial charge in [0, 0.05) is 10.6 Å². The smallest absolute Gasteiger partial charge is 0.124 e. The molecular weight excluding hydrogens is 189 g/mol. The first-order valence-corrected chi connectivity index (χ1v) is 4.74. The quantitative estimate of drug-likeness (QED) is 0.740. The Morgan fingerprint density at radius 3 is 2.54 bits per heavy atom. The summed E-state index contributed by atoms with van der Waals surface area (Å²) >= 11 is 5.91. The van der Waals surface area contributed by atoms with Gasteiger partial charge >= 0.3 is 0 Å². The summed E-state index contributed by atoms with van der Waals surface area (Å²) in [6.07, 6.45) is 3.01. The molecule has 1 nitrogen and oxygen atoms in total. The minimum atomic E-state index is -0.309. The Morgan fingerprint density at radius 2 is 2.08 bits per heavy atom. The first-order valence-electron chi connectivity index (χ1n) is 4.36. The number of hydrogen-bond donors (Lipinski definition) is 1. The summed E-state index contributed by atoms with van der Waals surface area (Å²) in [6, 6.07) is 4.43. The van der Waals surface area contributed by atoms with Crippen LogP contribution in [0, 0.1) is 5.82 Å². The van der Waals surface area contributed by atoms with Gasteiger partial charge in [-0.1, -0.05) is 17.7 Å². The molecule has 13 heavy (non-hydrogen) atoms. The highest BCUT2D eigenvalue weighted by Crippen LogP contribution is 2.41. The lowest BCUT2D eigenvalue weighted by Gasteiger charge is -2.39. The maximum absolute atomic E-state index is 12.7. The summed E-state index contributed by atoms with van der Waals surface area (Å²) in [5, 5.41) is 0.446. The highest BCUT2D eigenvalue weighted by Gasteiger charge is 2.35. The van der Waals surface area contributed by atoms with Crippen LogP contribution >= 0.6 is 11.6 Å². The van der Waals surface area contributed by atoms with Crippen molar-refractivity contribution in [3.8, 4) is 0 Å². The largest absolute Gasteiger partial charge is 0.321 e. The molecule has 2 rings (SSSR count). The highest BCUT2D eigenvalue weighted by molar-refractivity contribution is 6.31. The molecule has 0 radical (unpaired) electrons. The van der Waals surface area contributed by atoms with Crippen molar-refractivity contribution >= 4 is 11.6 Å². The fourth-order valence-electron chi connectivity index (χ4n) is 1.72. The Balaban J connectivity index is 2.40. The van der Waals surface area contributed by atoms with Crippen molar-refractivity contribution in [2.24, 2.45) is 5.73 Å². The Hall–Kier alpha value is -0.600. The van der Waals surface area contributed by atoms with E-state index >= 15 is 0 Å². The van der Waals surface area contributed by atoms with Gasteiger partial charge in [-0.15, -0.1) is 0 Å². The van der Waals surface area contributed by atoms with E-state index in [4.69, 9.17) is 17.3 Å². The van der Waals surface area contributed by atoms with Gasteiger partial charge in [0.15, 0.2) is 0 Å². The minimum absolute atomic E-state index is 0.301. The van der Waals surface area contributed by atoms with Crippen molar-refractivity contribution in [2.75, 3.05) is 0 Å². The fourth-order valence-corrected chi connectivity index (χ4v) is 2.08. The van der Waals surface area contributed by atoms with E-state index in [2.05, 4.69) is 0 Å². The van der Waals surface area contributed by atoms with E-state index in [1.807, 2.05) is 0 Å². The summed E-state index contributed by atoms with van der Waals surface area (Å²) in [7, 11) is 0. The molecule has 70 valence electrons. The van der Waals surface area contributed by atoms with Gasteiger partial charge in [-0.2, -0.15) is 0 Å². The topological polar surface area (TPSA) is 26.0 Å². The average molecular weight is 200 g/mol. The maximum Gasteiger partial charge on any atom is 0.124 e. The first-order chi connectivity index (χ1) is 6.12. The zero-order valence-corrected chi connectivity index (χ0v) is 7.94. The van der Waals surface area contributed by atoms with Crippen LogP contribution in [0.2, 0.25) is 5.02 Å². The fraction of sp³-hybridized carbons (Fsp3) is 0.400. The molecule has 0 spiro atoms. The zero-order chi connectivity index (χ0) is 9.47. The molecule has 1 fully saturated rings. The van der Waals surface area contributed by atoms with Crippen LogP contribution in [-0.2, 0) is 5.54 Å². The number of benzene rings is 1. The van der Waals surface area contributed by atoms with Crippen LogP contribution in [0.4, 0.5) is 4.39 Å². The molecule has 1 aromatic carbocycles. The van der Waals surface area contributed by atoms with E-state index in [1.54, 1.807) is 6.07 Å². The van der Waals surface area contributed by atoms with Crippen LogP contribution in [0.5, 0.6) is 0 Å². The van der Waals surface area contributed by atoms with Gasteiger partial charge in [-0.05, 0) is 37.0 Å². The number of rotatable bonds is 1. The second-order valence-corrected chi connectivity index (χ2v) is 4.04. The highest BCUT2D eigenvalue weighted by atomic mass is 35.5. The Morgan fingerprint density at radius 1 is 1.38 bits per heavy atom. The molecule has 0 heterocycles. The SMILES string of the molecule is NC1(c2ccc(F)cc2Cl)CCC1. The molecule has 0 aromatic heterocycles. The molecule has 1 aliphatic carbocycles. The van der Waals surface area contributed by atoms with E-state index < -0.39 is 0 Å². The average Bonchev–Trinajstić information content (AvgIpc) is 2.00. The Bertz CT molecular complexity index is 334. The van der Waals surface area contributed by atoms with Crippen LogP contribution in [0.15, 0.2) is 18.2 Å². The monoisotopic (exact) mass is 199 g/mol. The van der Waals surface area contributed by atoms with E-state index in [0.29, 0.717) is 5.02 Å². The molecule has 0 atom stereocenters. The molecule has 0 saturated heterocycles. The normalized spacial score (nSPS) is 19.6. The van der Waals surface area contributed by atoms with E-state index in [9.17, 15) is 4.39 Å². The zero-order valence-electron chi connectivity index (χ0n) is 7.19. The van der Waals surface area contributed by atoms with Crippen LogP contribution < -0.4 is 5.73 Å². The summed E-state index contributed by atoms with van der Waals surface area (Å²) in [6.45, 7) is 0. The van der Waals surface area contributed by atoms with E-state index in [1.165, 1.54) is 12.1 Å². The van der Waals surface area contributed by atoms with Crippen molar-refractivity contribution in [3.63, 3.8) is 0 Å². The molecule has 3 heteroatoms. The molecule has 1 aromatic rings. The summed E-state index contributed by atoms with van der Waals surface area (Å²) in [5.74, 6) is -0.309. The van der Waals surface area contributed by atoms with Gasteiger partial charge in [0.25, 0.3) is 0 Å². The van der Waals surface area contributed by atoms with Gasteiger partial charge in [0.1, 0.15) is 5.82 Å². The lowest BCUT2D eigenvalue weighted by molar-refractivity contribution is 0.253. The number of halogens is 2. The lowest BCUT2D eigenvalue weighted by Crippen LogP contribution is -2.43. The van der Waals surface area contributed by atoms with Crippen LogP contribution in [-0.4, -0.2) is 0 Å². The van der Waals surface area contributed by atoms with Crippen molar-refractivity contribution in [1.29, 1.82) is 0 Å². The van der Waals surface area contributed by atoms with Crippen molar-refractivity contribution in [3.05, 3.63) is 34.6 Å². The molecule has 0 bridgehead atoms. The molecule has 0 aliphatic heterocycles. The number of nitrogens with two attached hydrogens (primary N) is 1. The van der Waals surface area contributed by atoms with Crippen molar-refractivity contribution < 1.29 is 4.39 Å². The Labute approximate surface area is 81.7 Å². The third-order valence-electron chi connectivity index (χ3n) is 2.71. The molecule has 2 N–H and O–H groups in total. The van der Waals surface area contributed by atoms with Gasteiger partial charge in [-0.3, -0.25) is 0 Å². The second-order valence-electron chi connectivity index (χ2n) is 3.63.